The minimum atomic E-state index is -0.533. The molecule has 3 rings (SSSR count). The standard InChI is InChI=1S/C21H22BrN5O3S2/c1-12-16(20(29)30-4)18(32-17(12)19(28)26(2)3)25-21(31)24-15-7-5-6-13(8-15)10-27-11-14(22)9-23-27/h5-9,11H,10H2,1-4H3,(H2,24,25,31). The zero-order chi connectivity index (χ0) is 23.4. The van der Waals surface area contributed by atoms with Crippen LogP contribution >= 0.6 is 39.5 Å². The zero-order valence-electron chi connectivity index (χ0n) is 17.9. The maximum Gasteiger partial charge on any atom is 0.341 e. The van der Waals surface area contributed by atoms with E-state index in [4.69, 9.17) is 17.0 Å². The first-order chi connectivity index (χ1) is 15.2. The molecule has 8 nitrogen and oxygen atoms in total. The quantitative estimate of drug-likeness (QED) is 0.358. The molecule has 0 atom stereocenters. The number of aromatic nitrogens is 2. The van der Waals surface area contributed by atoms with Gasteiger partial charge in [-0.05, 0) is 58.3 Å². The predicted molar refractivity (Wildman–Crippen MR) is 134 cm³/mol. The van der Waals surface area contributed by atoms with Crippen LogP contribution in [0, 0.1) is 6.92 Å². The topological polar surface area (TPSA) is 88.5 Å². The van der Waals surface area contributed by atoms with Gasteiger partial charge in [0.25, 0.3) is 5.91 Å². The number of carbonyl (C=O) groups excluding carboxylic acids is 2. The SMILES string of the molecule is COC(=O)c1c(NC(=S)Nc2cccc(Cn3cc(Br)cn3)c2)sc(C(=O)N(C)C)c1C. The summed E-state index contributed by atoms with van der Waals surface area (Å²) in [4.78, 5) is 26.8. The van der Waals surface area contributed by atoms with Gasteiger partial charge in [-0.3, -0.25) is 9.48 Å². The summed E-state index contributed by atoms with van der Waals surface area (Å²) in [5.74, 6) is -0.725. The molecule has 0 spiro atoms. The molecule has 0 radical (unpaired) electrons. The van der Waals surface area contributed by atoms with Crippen LogP contribution in [0.3, 0.4) is 0 Å². The lowest BCUT2D eigenvalue weighted by atomic mass is 10.1. The molecule has 2 N–H and O–H groups in total. The van der Waals surface area contributed by atoms with Gasteiger partial charge in [0.05, 0.1) is 34.8 Å². The Morgan fingerprint density at radius 3 is 2.69 bits per heavy atom. The van der Waals surface area contributed by atoms with Crippen molar-refractivity contribution < 1.29 is 14.3 Å². The van der Waals surface area contributed by atoms with E-state index in [9.17, 15) is 9.59 Å². The Morgan fingerprint density at radius 1 is 1.31 bits per heavy atom. The first-order valence-corrected chi connectivity index (χ1v) is 11.5. The number of carbonyl (C=O) groups is 2. The third-order valence-electron chi connectivity index (χ3n) is 4.49. The first-order valence-electron chi connectivity index (χ1n) is 9.47. The zero-order valence-corrected chi connectivity index (χ0v) is 21.2. The average Bonchev–Trinajstić information content (AvgIpc) is 3.29. The van der Waals surface area contributed by atoms with Crippen LogP contribution in [0.4, 0.5) is 10.7 Å². The highest BCUT2D eigenvalue weighted by atomic mass is 79.9. The maximum absolute atomic E-state index is 12.5. The fourth-order valence-electron chi connectivity index (χ4n) is 2.98. The molecule has 1 amide bonds. The molecular weight excluding hydrogens is 514 g/mol. The Hall–Kier alpha value is -2.76. The average molecular weight is 536 g/mol. The van der Waals surface area contributed by atoms with Crippen molar-refractivity contribution in [2.24, 2.45) is 0 Å². The lowest BCUT2D eigenvalue weighted by Crippen LogP contribution is -2.21. The second-order valence-corrected chi connectivity index (χ2v) is 9.43. The molecule has 0 aliphatic heterocycles. The number of amides is 1. The summed E-state index contributed by atoms with van der Waals surface area (Å²) in [5, 5.41) is 11.2. The van der Waals surface area contributed by atoms with Crippen molar-refractivity contribution in [1.82, 2.24) is 14.7 Å². The molecule has 2 aromatic heterocycles. The minimum Gasteiger partial charge on any atom is -0.465 e. The summed E-state index contributed by atoms with van der Waals surface area (Å²) in [6.45, 7) is 2.33. The van der Waals surface area contributed by atoms with Crippen molar-refractivity contribution in [2.45, 2.75) is 13.5 Å². The second-order valence-electron chi connectivity index (χ2n) is 7.09. The highest BCUT2D eigenvalue weighted by Crippen LogP contribution is 2.34. The van der Waals surface area contributed by atoms with Gasteiger partial charge in [0.1, 0.15) is 5.00 Å². The van der Waals surface area contributed by atoms with Crippen LogP contribution in [0.2, 0.25) is 0 Å². The molecule has 2 heterocycles. The molecule has 11 heteroatoms. The van der Waals surface area contributed by atoms with Crippen molar-refractivity contribution in [2.75, 3.05) is 31.8 Å². The van der Waals surface area contributed by atoms with E-state index in [1.165, 1.54) is 23.3 Å². The number of rotatable bonds is 6. The molecule has 0 bridgehead atoms. The van der Waals surface area contributed by atoms with Gasteiger partial charge in [-0.2, -0.15) is 5.10 Å². The van der Waals surface area contributed by atoms with Crippen molar-refractivity contribution in [1.29, 1.82) is 0 Å². The summed E-state index contributed by atoms with van der Waals surface area (Å²) in [5.41, 5.74) is 2.67. The number of nitrogens with one attached hydrogen (secondary N) is 2. The van der Waals surface area contributed by atoms with Crippen molar-refractivity contribution in [3.05, 3.63) is 62.7 Å². The number of hydrogen-bond acceptors (Lipinski definition) is 6. The molecule has 1 aromatic carbocycles. The first kappa shape index (κ1) is 23.9. The number of halogens is 1. The number of thiocarbonyl (C=S) groups is 1. The number of ether oxygens (including phenoxy) is 1. The fraction of sp³-hybridized carbons (Fsp3) is 0.238. The Labute approximate surface area is 203 Å². The molecule has 0 fully saturated rings. The number of methoxy groups -OCH3 is 1. The largest absolute Gasteiger partial charge is 0.465 e. The molecule has 0 unspecified atom stereocenters. The number of thiophene rings is 1. The Kier molecular flexibility index (Phi) is 7.64. The molecule has 3 aromatic rings. The summed E-state index contributed by atoms with van der Waals surface area (Å²) in [7, 11) is 4.62. The maximum atomic E-state index is 12.5. The number of benzene rings is 1. The van der Waals surface area contributed by atoms with Gasteiger partial charge < -0.3 is 20.3 Å². The number of anilines is 2. The van der Waals surface area contributed by atoms with Crippen LogP contribution in [0.5, 0.6) is 0 Å². The molecule has 168 valence electrons. The predicted octanol–water partition coefficient (Wildman–Crippen LogP) is 4.36. The normalized spacial score (nSPS) is 10.5. The molecule has 32 heavy (non-hydrogen) atoms. The van der Waals surface area contributed by atoms with Crippen LogP contribution in [-0.2, 0) is 11.3 Å². The van der Waals surface area contributed by atoms with E-state index >= 15 is 0 Å². The molecule has 0 aliphatic rings. The van der Waals surface area contributed by atoms with E-state index in [-0.39, 0.29) is 5.91 Å². The van der Waals surface area contributed by atoms with Gasteiger partial charge in [0.15, 0.2) is 5.11 Å². The van der Waals surface area contributed by atoms with Crippen molar-refractivity contribution in [3.8, 4) is 0 Å². The summed E-state index contributed by atoms with van der Waals surface area (Å²) >= 11 is 10.0. The summed E-state index contributed by atoms with van der Waals surface area (Å²) in [6.07, 6.45) is 3.63. The Morgan fingerprint density at radius 2 is 2.06 bits per heavy atom. The number of hydrogen-bond donors (Lipinski definition) is 2. The van der Waals surface area contributed by atoms with Gasteiger partial charge in [0.2, 0.25) is 0 Å². The van der Waals surface area contributed by atoms with Crippen LogP contribution in [0.15, 0.2) is 41.1 Å². The highest BCUT2D eigenvalue weighted by molar-refractivity contribution is 9.10. The lowest BCUT2D eigenvalue weighted by Gasteiger charge is -2.12. The molecule has 0 saturated heterocycles. The number of esters is 1. The Balaban J connectivity index is 1.78. The van der Waals surface area contributed by atoms with Crippen LogP contribution < -0.4 is 10.6 Å². The molecule has 0 aliphatic carbocycles. The van der Waals surface area contributed by atoms with E-state index in [0.717, 1.165) is 15.7 Å². The summed E-state index contributed by atoms with van der Waals surface area (Å²) in [6, 6.07) is 7.76. The third-order valence-corrected chi connectivity index (χ3v) is 6.30. The van der Waals surface area contributed by atoms with Crippen LogP contribution in [0.1, 0.15) is 31.2 Å². The third kappa shape index (κ3) is 5.53. The smallest absolute Gasteiger partial charge is 0.341 e. The van der Waals surface area contributed by atoms with Crippen LogP contribution in [0.25, 0.3) is 0 Å². The van der Waals surface area contributed by atoms with Gasteiger partial charge in [-0.15, -0.1) is 11.3 Å². The van der Waals surface area contributed by atoms with E-state index in [1.54, 1.807) is 27.2 Å². The monoisotopic (exact) mass is 535 g/mol. The van der Waals surface area contributed by atoms with E-state index in [2.05, 4.69) is 31.7 Å². The van der Waals surface area contributed by atoms with Crippen molar-refractivity contribution in [3.63, 3.8) is 0 Å². The van der Waals surface area contributed by atoms with Gasteiger partial charge in [-0.1, -0.05) is 12.1 Å². The minimum absolute atomic E-state index is 0.192. The fourth-order valence-corrected chi connectivity index (χ4v) is 4.81. The van der Waals surface area contributed by atoms with Gasteiger partial charge >= 0.3 is 5.97 Å². The van der Waals surface area contributed by atoms with Gasteiger partial charge in [0, 0.05) is 26.0 Å². The van der Waals surface area contributed by atoms with Crippen molar-refractivity contribution >= 4 is 67.2 Å². The molecular formula is C21H22BrN5O3S2. The Bertz CT molecular complexity index is 1170. The second kappa shape index (κ2) is 10.2. The van der Waals surface area contributed by atoms with E-state index < -0.39 is 5.97 Å². The lowest BCUT2D eigenvalue weighted by molar-refractivity contribution is 0.0601. The highest BCUT2D eigenvalue weighted by Gasteiger charge is 2.26. The molecule has 0 saturated carbocycles. The van der Waals surface area contributed by atoms with Gasteiger partial charge in [-0.25, -0.2) is 4.79 Å². The van der Waals surface area contributed by atoms with E-state index in [1.807, 2.05) is 35.1 Å². The summed E-state index contributed by atoms with van der Waals surface area (Å²) < 4.78 is 7.65. The van der Waals surface area contributed by atoms with E-state index in [0.29, 0.717) is 32.7 Å². The van der Waals surface area contributed by atoms with Crippen LogP contribution in [-0.4, -0.2) is 52.9 Å². The number of nitrogens with zero attached hydrogens (tertiary/aromatic N) is 3.